The third-order valence-corrected chi connectivity index (χ3v) is 2.66. The fourth-order valence-electron chi connectivity index (χ4n) is 1.84. The van der Waals surface area contributed by atoms with E-state index in [0.29, 0.717) is 0 Å². The van der Waals surface area contributed by atoms with Crippen LogP contribution in [0.5, 0.6) is 0 Å². The molecule has 1 aromatic heterocycles. The average Bonchev–Trinajstić information content (AvgIpc) is 2.72. The van der Waals surface area contributed by atoms with Crippen molar-refractivity contribution in [2.24, 2.45) is 5.73 Å². The molecule has 0 spiro atoms. The van der Waals surface area contributed by atoms with Gasteiger partial charge < -0.3 is 11.5 Å². The van der Waals surface area contributed by atoms with E-state index >= 15 is 0 Å². The largest absolute Gasteiger partial charge is 0.405 e. The number of rotatable bonds is 4. The maximum Gasteiger partial charge on any atom is 0.302 e. The first-order valence-corrected chi connectivity index (χ1v) is 5.41. The van der Waals surface area contributed by atoms with Gasteiger partial charge in [0.1, 0.15) is 5.52 Å². The normalized spacial score (nSPS) is 11.2. The molecule has 2 rings (SSSR count). The lowest BCUT2D eigenvalue weighted by atomic mass is 10.2. The molecule has 1 aromatic carbocycles. The van der Waals surface area contributed by atoms with Crippen molar-refractivity contribution in [2.45, 2.75) is 6.54 Å². The van der Waals surface area contributed by atoms with Gasteiger partial charge in [-0.05, 0) is 12.3 Å². The van der Waals surface area contributed by atoms with Gasteiger partial charge in [0, 0.05) is 6.07 Å². The van der Waals surface area contributed by atoms with Gasteiger partial charge >= 0.3 is 5.69 Å². The molecule has 10 nitrogen and oxygen atoms in total. The number of nitro groups is 2. The van der Waals surface area contributed by atoms with E-state index in [2.05, 4.69) is 5.10 Å². The Balaban J connectivity index is 2.81. The molecule has 0 aliphatic carbocycles. The zero-order valence-electron chi connectivity index (χ0n) is 10.1. The fourth-order valence-corrected chi connectivity index (χ4v) is 1.84. The number of aromatic nitrogens is 2. The third-order valence-electron chi connectivity index (χ3n) is 2.66. The Morgan fingerprint density at radius 2 is 2.00 bits per heavy atom. The molecule has 104 valence electrons. The zero-order valence-corrected chi connectivity index (χ0v) is 10.1. The maximum atomic E-state index is 11.1. The molecule has 10 heteroatoms. The van der Waals surface area contributed by atoms with E-state index in [0.717, 1.165) is 12.1 Å². The quantitative estimate of drug-likeness (QED) is 0.621. The smallest absolute Gasteiger partial charge is 0.302 e. The van der Waals surface area contributed by atoms with Crippen molar-refractivity contribution >= 4 is 28.1 Å². The molecule has 0 saturated carbocycles. The molecule has 0 aliphatic rings. The molecule has 0 fully saturated rings. The highest BCUT2D eigenvalue weighted by molar-refractivity contribution is 5.97. The Morgan fingerprint density at radius 1 is 1.30 bits per heavy atom. The monoisotopic (exact) mass is 278 g/mol. The van der Waals surface area contributed by atoms with E-state index in [1.165, 1.54) is 17.0 Å². The second kappa shape index (κ2) is 4.84. The number of nitrogen functional groups attached to an aromatic ring is 1. The number of non-ortho nitro benzene ring substituents is 2. The van der Waals surface area contributed by atoms with Crippen LogP contribution in [-0.2, 0) is 6.54 Å². The molecule has 0 atom stereocenters. The van der Waals surface area contributed by atoms with Crippen LogP contribution in [0.3, 0.4) is 0 Å². The van der Waals surface area contributed by atoms with E-state index in [1.807, 2.05) is 0 Å². The van der Waals surface area contributed by atoms with E-state index in [-0.39, 0.29) is 23.3 Å². The van der Waals surface area contributed by atoms with Gasteiger partial charge in [-0.3, -0.25) is 24.9 Å². The highest BCUT2D eigenvalue weighted by Crippen LogP contribution is 2.33. The number of hydrogen-bond acceptors (Lipinski definition) is 7. The SMILES string of the molecule is NC=CCn1nc(N)c2cc([N+](=O)[O-])cc([N+](=O)[O-])c21. The number of nitro benzene ring substituents is 2. The summed E-state index contributed by atoms with van der Waals surface area (Å²) < 4.78 is 1.27. The molecule has 0 bridgehead atoms. The summed E-state index contributed by atoms with van der Waals surface area (Å²) in [5, 5.41) is 26.0. The molecule has 2 aromatic rings. The van der Waals surface area contributed by atoms with Crippen molar-refractivity contribution in [1.82, 2.24) is 9.78 Å². The number of benzene rings is 1. The summed E-state index contributed by atoms with van der Waals surface area (Å²) in [5.74, 6) is -0.0165. The second-order valence-corrected chi connectivity index (χ2v) is 3.87. The molecule has 0 aliphatic heterocycles. The lowest BCUT2D eigenvalue weighted by Gasteiger charge is -2.00. The Kier molecular flexibility index (Phi) is 3.21. The molecular formula is C10H10N6O4. The first kappa shape index (κ1) is 13.3. The van der Waals surface area contributed by atoms with Crippen LogP contribution < -0.4 is 11.5 Å². The number of fused-ring (bicyclic) bond motifs is 1. The highest BCUT2D eigenvalue weighted by atomic mass is 16.6. The maximum absolute atomic E-state index is 11.1. The van der Waals surface area contributed by atoms with Crippen LogP contribution in [-0.4, -0.2) is 19.6 Å². The van der Waals surface area contributed by atoms with Crippen LogP contribution in [0.1, 0.15) is 0 Å². The van der Waals surface area contributed by atoms with E-state index in [9.17, 15) is 20.2 Å². The molecule has 4 N–H and O–H groups in total. The van der Waals surface area contributed by atoms with Gasteiger partial charge in [-0.1, -0.05) is 0 Å². The lowest BCUT2D eigenvalue weighted by Crippen LogP contribution is -2.02. The summed E-state index contributed by atoms with van der Waals surface area (Å²) in [7, 11) is 0. The number of hydrogen-bond donors (Lipinski definition) is 2. The zero-order chi connectivity index (χ0) is 14.9. The summed E-state index contributed by atoms with van der Waals surface area (Å²) in [5.41, 5.74) is 10.1. The van der Waals surface area contributed by atoms with Crippen molar-refractivity contribution in [3.05, 3.63) is 44.6 Å². The van der Waals surface area contributed by atoms with Crippen molar-refractivity contribution in [1.29, 1.82) is 0 Å². The Labute approximate surface area is 111 Å². The number of nitrogens with zero attached hydrogens (tertiary/aromatic N) is 4. The standard InChI is InChI=1S/C10H10N6O4/c11-2-1-3-14-9-7(10(12)13-14)4-6(15(17)18)5-8(9)16(19)20/h1-2,4-5H,3,11H2,(H2,12,13). The predicted molar refractivity (Wildman–Crippen MR) is 70.8 cm³/mol. The average molecular weight is 278 g/mol. The van der Waals surface area contributed by atoms with Crippen LogP contribution in [0.15, 0.2) is 24.4 Å². The predicted octanol–water partition coefficient (Wildman–Crippen LogP) is 0.907. The van der Waals surface area contributed by atoms with Gasteiger partial charge in [-0.15, -0.1) is 0 Å². The van der Waals surface area contributed by atoms with E-state index < -0.39 is 21.2 Å². The number of allylic oxidation sites excluding steroid dienone is 1. The van der Waals surface area contributed by atoms with Crippen LogP contribution in [0.4, 0.5) is 17.2 Å². The minimum atomic E-state index is -0.719. The molecule has 20 heavy (non-hydrogen) atoms. The minimum Gasteiger partial charge on any atom is -0.405 e. The Hall–Kier alpha value is -3.17. The third kappa shape index (κ3) is 2.09. The van der Waals surface area contributed by atoms with Gasteiger partial charge in [0.25, 0.3) is 5.69 Å². The summed E-state index contributed by atoms with van der Waals surface area (Å²) in [4.78, 5) is 20.5. The molecule has 0 saturated heterocycles. The number of nitrogens with two attached hydrogens (primary N) is 2. The van der Waals surface area contributed by atoms with Gasteiger partial charge in [0.15, 0.2) is 5.82 Å². The summed E-state index contributed by atoms with van der Waals surface area (Å²) >= 11 is 0. The molecule has 1 heterocycles. The first-order valence-electron chi connectivity index (χ1n) is 5.41. The summed E-state index contributed by atoms with van der Waals surface area (Å²) in [6.07, 6.45) is 2.79. The van der Waals surface area contributed by atoms with Gasteiger partial charge in [0.2, 0.25) is 0 Å². The van der Waals surface area contributed by atoms with Crippen LogP contribution in [0.2, 0.25) is 0 Å². The van der Waals surface area contributed by atoms with Crippen molar-refractivity contribution in [2.75, 3.05) is 5.73 Å². The van der Waals surface area contributed by atoms with E-state index in [4.69, 9.17) is 11.5 Å². The van der Waals surface area contributed by atoms with Gasteiger partial charge in [0.05, 0.1) is 27.8 Å². The van der Waals surface area contributed by atoms with Gasteiger partial charge in [-0.25, -0.2) is 0 Å². The summed E-state index contributed by atoms with van der Waals surface area (Å²) in [6, 6.07) is 2.04. The van der Waals surface area contributed by atoms with Crippen molar-refractivity contribution in [3.63, 3.8) is 0 Å². The Bertz CT molecular complexity index is 735. The first-order chi connectivity index (χ1) is 9.45. The van der Waals surface area contributed by atoms with Gasteiger partial charge in [-0.2, -0.15) is 5.10 Å². The summed E-state index contributed by atoms with van der Waals surface area (Å²) in [6.45, 7) is 0.169. The van der Waals surface area contributed by atoms with Crippen LogP contribution in [0, 0.1) is 20.2 Å². The fraction of sp³-hybridized carbons (Fsp3) is 0.100. The molecule has 0 amide bonds. The molecular weight excluding hydrogens is 268 g/mol. The Morgan fingerprint density at radius 3 is 2.55 bits per heavy atom. The lowest BCUT2D eigenvalue weighted by molar-refractivity contribution is -0.393. The second-order valence-electron chi connectivity index (χ2n) is 3.87. The van der Waals surface area contributed by atoms with Crippen LogP contribution in [0.25, 0.3) is 10.9 Å². The van der Waals surface area contributed by atoms with Crippen LogP contribution >= 0.6 is 0 Å². The minimum absolute atomic E-state index is 0.0165. The molecule has 0 radical (unpaired) electrons. The topological polar surface area (TPSA) is 156 Å². The highest BCUT2D eigenvalue weighted by Gasteiger charge is 2.24. The van der Waals surface area contributed by atoms with E-state index in [1.54, 1.807) is 0 Å². The number of anilines is 1. The van der Waals surface area contributed by atoms with Crippen molar-refractivity contribution in [3.8, 4) is 0 Å². The molecule has 0 unspecified atom stereocenters. The van der Waals surface area contributed by atoms with Crippen molar-refractivity contribution < 1.29 is 9.85 Å².